The van der Waals surface area contributed by atoms with E-state index < -0.39 is 10.0 Å². The summed E-state index contributed by atoms with van der Waals surface area (Å²) < 4.78 is 32.8. The van der Waals surface area contributed by atoms with Crippen LogP contribution in [0.4, 0.5) is 0 Å². The lowest BCUT2D eigenvalue weighted by molar-refractivity contribution is 0.192. The third-order valence-electron chi connectivity index (χ3n) is 3.16. The van der Waals surface area contributed by atoms with Crippen molar-refractivity contribution in [3.63, 3.8) is 0 Å². The SMILES string of the molecule is Cc1[nH]nc(CNC(C)C)c1S(=O)(=O)NC1CCOC1. The summed E-state index contributed by atoms with van der Waals surface area (Å²) in [5, 5.41) is 10.0. The first-order chi connectivity index (χ1) is 9.40. The number of rotatable bonds is 6. The van der Waals surface area contributed by atoms with Crippen LogP contribution in [0.5, 0.6) is 0 Å². The molecule has 1 saturated heterocycles. The van der Waals surface area contributed by atoms with E-state index in [1.807, 2.05) is 13.8 Å². The zero-order chi connectivity index (χ0) is 14.8. The molecule has 0 amide bonds. The molecule has 1 aromatic heterocycles. The molecule has 0 saturated carbocycles. The normalized spacial score (nSPS) is 19.9. The highest BCUT2D eigenvalue weighted by Crippen LogP contribution is 2.19. The van der Waals surface area contributed by atoms with Crippen molar-refractivity contribution in [1.29, 1.82) is 0 Å². The second-order valence-corrected chi connectivity index (χ2v) is 6.99. The van der Waals surface area contributed by atoms with Gasteiger partial charge in [-0.2, -0.15) is 5.10 Å². The molecule has 1 atom stereocenters. The van der Waals surface area contributed by atoms with Gasteiger partial charge in [-0.3, -0.25) is 5.10 Å². The summed E-state index contributed by atoms with van der Waals surface area (Å²) in [6.07, 6.45) is 0.704. The Hall–Kier alpha value is -0.960. The number of aryl methyl sites for hydroxylation is 1. The molecule has 0 spiro atoms. The maximum absolute atomic E-state index is 12.5. The van der Waals surface area contributed by atoms with Crippen molar-refractivity contribution in [3.05, 3.63) is 11.4 Å². The summed E-state index contributed by atoms with van der Waals surface area (Å²) in [6.45, 7) is 7.16. The van der Waals surface area contributed by atoms with Gasteiger partial charge in [-0.25, -0.2) is 13.1 Å². The highest BCUT2D eigenvalue weighted by Gasteiger charge is 2.28. The van der Waals surface area contributed by atoms with Crippen LogP contribution in [-0.4, -0.2) is 43.9 Å². The molecule has 2 heterocycles. The van der Waals surface area contributed by atoms with E-state index >= 15 is 0 Å². The summed E-state index contributed by atoms with van der Waals surface area (Å²) in [4.78, 5) is 0.248. The summed E-state index contributed by atoms with van der Waals surface area (Å²) in [5.41, 5.74) is 1.07. The Morgan fingerprint density at radius 3 is 2.85 bits per heavy atom. The van der Waals surface area contributed by atoms with Gasteiger partial charge in [0.25, 0.3) is 0 Å². The van der Waals surface area contributed by atoms with Crippen LogP contribution in [0.25, 0.3) is 0 Å². The Morgan fingerprint density at radius 1 is 1.50 bits per heavy atom. The number of aromatic nitrogens is 2. The zero-order valence-electron chi connectivity index (χ0n) is 12.1. The summed E-state index contributed by atoms with van der Waals surface area (Å²) in [6, 6.07) is 0.110. The molecule has 20 heavy (non-hydrogen) atoms. The molecule has 1 aliphatic rings. The number of hydrogen-bond acceptors (Lipinski definition) is 5. The molecular weight excluding hydrogens is 280 g/mol. The van der Waals surface area contributed by atoms with Crippen molar-refractivity contribution in [2.75, 3.05) is 13.2 Å². The molecule has 8 heteroatoms. The second-order valence-electron chi connectivity index (χ2n) is 5.34. The van der Waals surface area contributed by atoms with Gasteiger partial charge in [0.15, 0.2) is 0 Å². The minimum absolute atomic E-state index is 0.153. The smallest absolute Gasteiger partial charge is 0.244 e. The Labute approximate surface area is 119 Å². The van der Waals surface area contributed by atoms with E-state index in [1.54, 1.807) is 6.92 Å². The summed E-state index contributed by atoms with van der Waals surface area (Å²) >= 11 is 0. The van der Waals surface area contributed by atoms with Gasteiger partial charge in [0.1, 0.15) is 4.90 Å². The van der Waals surface area contributed by atoms with E-state index in [4.69, 9.17) is 4.74 Å². The van der Waals surface area contributed by atoms with Crippen molar-refractivity contribution >= 4 is 10.0 Å². The molecule has 3 N–H and O–H groups in total. The molecule has 0 radical (unpaired) electrons. The molecular formula is C12H22N4O3S. The molecule has 2 rings (SSSR count). The first kappa shape index (κ1) is 15.4. The van der Waals surface area contributed by atoms with Crippen LogP contribution in [-0.2, 0) is 21.3 Å². The predicted molar refractivity (Wildman–Crippen MR) is 74.8 cm³/mol. The summed E-state index contributed by atoms with van der Waals surface area (Å²) in [7, 11) is -3.57. The highest BCUT2D eigenvalue weighted by molar-refractivity contribution is 7.89. The standard InChI is InChI=1S/C12H22N4O3S/c1-8(2)13-6-11-12(9(3)14-15-11)20(17,18)16-10-4-5-19-7-10/h8,10,13,16H,4-7H2,1-3H3,(H,14,15). The van der Waals surface area contributed by atoms with Gasteiger partial charge in [0.05, 0.1) is 18.0 Å². The Balaban J connectivity index is 2.19. The summed E-state index contributed by atoms with van der Waals surface area (Å²) in [5.74, 6) is 0. The maximum atomic E-state index is 12.5. The molecule has 1 fully saturated rings. The minimum Gasteiger partial charge on any atom is -0.380 e. The molecule has 1 unspecified atom stereocenters. The molecule has 0 aromatic carbocycles. The van der Waals surface area contributed by atoms with Gasteiger partial charge in [0, 0.05) is 25.2 Å². The fourth-order valence-electron chi connectivity index (χ4n) is 2.15. The van der Waals surface area contributed by atoms with Crippen LogP contribution >= 0.6 is 0 Å². The topological polar surface area (TPSA) is 96.1 Å². The fourth-order valence-corrected chi connectivity index (χ4v) is 3.77. The van der Waals surface area contributed by atoms with Crippen LogP contribution in [0, 0.1) is 6.92 Å². The Kier molecular flexibility index (Phi) is 4.79. The number of H-pyrrole nitrogens is 1. The van der Waals surface area contributed by atoms with Gasteiger partial charge in [-0.1, -0.05) is 13.8 Å². The molecule has 1 aromatic rings. The van der Waals surface area contributed by atoms with Gasteiger partial charge in [0.2, 0.25) is 10.0 Å². The zero-order valence-corrected chi connectivity index (χ0v) is 12.9. The Bertz CT molecular complexity index is 547. The lowest BCUT2D eigenvalue weighted by Crippen LogP contribution is -2.36. The van der Waals surface area contributed by atoms with Crippen LogP contribution in [0.1, 0.15) is 31.7 Å². The maximum Gasteiger partial charge on any atom is 0.244 e. The van der Waals surface area contributed by atoms with E-state index in [-0.39, 0.29) is 17.0 Å². The number of hydrogen-bond donors (Lipinski definition) is 3. The predicted octanol–water partition coefficient (Wildman–Crippen LogP) is 0.283. The van der Waals surface area contributed by atoms with Crippen LogP contribution in [0.15, 0.2) is 4.90 Å². The molecule has 114 valence electrons. The number of ether oxygens (including phenoxy) is 1. The van der Waals surface area contributed by atoms with Crippen molar-refractivity contribution in [3.8, 4) is 0 Å². The number of nitrogens with one attached hydrogen (secondary N) is 3. The average Bonchev–Trinajstić information content (AvgIpc) is 2.95. The third-order valence-corrected chi connectivity index (χ3v) is 4.88. The van der Waals surface area contributed by atoms with Crippen LogP contribution in [0.2, 0.25) is 0 Å². The quantitative estimate of drug-likeness (QED) is 0.701. The van der Waals surface area contributed by atoms with Crippen LogP contribution < -0.4 is 10.0 Å². The second kappa shape index (κ2) is 6.21. The number of sulfonamides is 1. The largest absolute Gasteiger partial charge is 0.380 e. The molecule has 0 bridgehead atoms. The Morgan fingerprint density at radius 2 is 2.25 bits per heavy atom. The van der Waals surface area contributed by atoms with Crippen molar-refractivity contribution < 1.29 is 13.2 Å². The number of aromatic amines is 1. The van der Waals surface area contributed by atoms with E-state index in [0.717, 1.165) is 0 Å². The van der Waals surface area contributed by atoms with E-state index in [1.165, 1.54) is 0 Å². The van der Waals surface area contributed by atoms with Gasteiger partial charge in [-0.15, -0.1) is 0 Å². The average molecular weight is 302 g/mol. The van der Waals surface area contributed by atoms with E-state index in [0.29, 0.717) is 37.6 Å². The first-order valence-corrected chi connectivity index (χ1v) is 8.25. The van der Waals surface area contributed by atoms with Crippen LogP contribution in [0.3, 0.4) is 0 Å². The van der Waals surface area contributed by atoms with Gasteiger partial charge < -0.3 is 10.1 Å². The van der Waals surface area contributed by atoms with Gasteiger partial charge in [-0.05, 0) is 13.3 Å². The van der Waals surface area contributed by atoms with E-state index in [2.05, 4.69) is 20.2 Å². The fraction of sp³-hybridized carbons (Fsp3) is 0.750. The molecule has 0 aliphatic carbocycles. The lowest BCUT2D eigenvalue weighted by atomic mass is 10.3. The van der Waals surface area contributed by atoms with Gasteiger partial charge >= 0.3 is 0 Å². The minimum atomic E-state index is -3.57. The number of nitrogens with zero attached hydrogens (tertiary/aromatic N) is 1. The van der Waals surface area contributed by atoms with Crippen molar-refractivity contribution in [1.82, 2.24) is 20.2 Å². The highest BCUT2D eigenvalue weighted by atomic mass is 32.2. The van der Waals surface area contributed by atoms with E-state index in [9.17, 15) is 8.42 Å². The third kappa shape index (κ3) is 3.57. The molecule has 1 aliphatic heterocycles. The lowest BCUT2D eigenvalue weighted by Gasteiger charge is -2.13. The monoisotopic (exact) mass is 302 g/mol. The molecule has 7 nitrogen and oxygen atoms in total. The van der Waals surface area contributed by atoms with Crippen molar-refractivity contribution in [2.45, 2.75) is 50.7 Å². The first-order valence-electron chi connectivity index (χ1n) is 6.77. The van der Waals surface area contributed by atoms with Crippen molar-refractivity contribution in [2.24, 2.45) is 0 Å².